The molecule has 1 aromatic heterocycles. The van der Waals surface area contributed by atoms with Crippen LogP contribution in [-0.4, -0.2) is 34.1 Å². The van der Waals surface area contributed by atoms with E-state index in [1.54, 1.807) is 10.9 Å². The van der Waals surface area contributed by atoms with Gasteiger partial charge in [-0.2, -0.15) is 5.10 Å². The standard InChI is InChI=1S/C15H20N4O2/c1-19-10-12(9-17-19)7-8-16-15(21)18-14(11-20)13-5-3-2-4-6-13/h2-6,9-10,14,20H,7-8,11H2,1H3,(H2,16,18,21)/t14-/m1/s1. The van der Waals surface area contributed by atoms with Gasteiger partial charge in [0.25, 0.3) is 0 Å². The molecule has 0 saturated carbocycles. The average molecular weight is 288 g/mol. The summed E-state index contributed by atoms with van der Waals surface area (Å²) in [5.41, 5.74) is 1.95. The summed E-state index contributed by atoms with van der Waals surface area (Å²) in [6.07, 6.45) is 4.41. The number of nitrogens with one attached hydrogen (secondary N) is 2. The summed E-state index contributed by atoms with van der Waals surface area (Å²) in [6, 6.07) is 8.70. The summed E-state index contributed by atoms with van der Waals surface area (Å²) >= 11 is 0. The summed E-state index contributed by atoms with van der Waals surface area (Å²) in [7, 11) is 1.86. The molecule has 6 nitrogen and oxygen atoms in total. The number of rotatable bonds is 6. The first-order chi connectivity index (χ1) is 10.2. The molecule has 0 radical (unpaired) electrons. The Bertz CT molecular complexity index is 568. The highest BCUT2D eigenvalue weighted by Gasteiger charge is 2.12. The molecule has 0 aliphatic rings. The molecule has 0 bridgehead atoms. The number of aliphatic hydroxyl groups excluding tert-OH is 1. The van der Waals surface area contributed by atoms with Gasteiger partial charge < -0.3 is 15.7 Å². The molecule has 21 heavy (non-hydrogen) atoms. The topological polar surface area (TPSA) is 79.2 Å². The molecule has 0 fully saturated rings. The van der Waals surface area contributed by atoms with E-state index in [-0.39, 0.29) is 12.6 Å². The second kappa shape index (κ2) is 7.44. The fraction of sp³-hybridized carbons (Fsp3) is 0.333. The summed E-state index contributed by atoms with van der Waals surface area (Å²) in [4.78, 5) is 11.8. The number of amides is 2. The van der Waals surface area contributed by atoms with Crippen LogP contribution in [0.15, 0.2) is 42.7 Å². The van der Waals surface area contributed by atoms with Crippen molar-refractivity contribution in [1.29, 1.82) is 0 Å². The van der Waals surface area contributed by atoms with E-state index >= 15 is 0 Å². The van der Waals surface area contributed by atoms with Gasteiger partial charge in [-0.3, -0.25) is 4.68 Å². The molecule has 2 amide bonds. The van der Waals surface area contributed by atoms with Gasteiger partial charge in [-0.25, -0.2) is 4.79 Å². The lowest BCUT2D eigenvalue weighted by molar-refractivity contribution is 0.217. The van der Waals surface area contributed by atoms with Crippen molar-refractivity contribution in [3.8, 4) is 0 Å². The summed E-state index contributed by atoms with van der Waals surface area (Å²) in [5, 5.41) is 19.0. The Morgan fingerprint density at radius 1 is 1.38 bits per heavy atom. The van der Waals surface area contributed by atoms with E-state index in [0.29, 0.717) is 6.54 Å². The highest BCUT2D eigenvalue weighted by Crippen LogP contribution is 2.11. The third-order valence-corrected chi connectivity index (χ3v) is 3.15. The fourth-order valence-corrected chi connectivity index (χ4v) is 2.05. The molecule has 0 saturated heterocycles. The molecule has 1 atom stereocenters. The van der Waals surface area contributed by atoms with Gasteiger partial charge in [0.2, 0.25) is 0 Å². The van der Waals surface area contributed by atoms with Gasteiger partial charge in [0.15, 0.2) is 0 Å². The minimum Gasteiger partial charge on any atom is -0.394 e. The van der Waals surface area contributed by atoms with E-state index < -0.39 is 6.04 Å². The third-order valence-electron chi connectivity index (χ3n) is 3.15. The Morgan fingerprint density at radius 2 is 2.14 bits per heavy atom. The maximum Gasteiger partial charge on any atom is 0.315 e. The van der Waals surface area contributed by atoms with Crippen molar-refractivity contribution < 1.29 is 9.90 Å². The maximum absolute atomic E-state index is 11.8. The van der Waals surface area contributed by atoms with Crippen molar-refractivity contribution in [3.05, 3.63) is 53.9 Å². The highest BCUT2D eigenvalue weighted by atomic mass is 16.3. The van der Waals surface area contributed by atoms with Crippen LogP contribution < -0.4 is 10.6 Å². The number of aryl methyl sites for hydroxylation is 1. The minimum atomic E-state index is -0.399. The molecule has 2 rings (SSSR count). The van der Waals surface area contributed by atoms with Gasteiger partial charge >= 0.3 is 6.03 Å². The SMILES string of the molecule is Cn1cc(CCNC(=O)N[C@H](CO)c2ccccc2)cn1. The first kappa shape index (κ1) is 15.1. The van der Waals surface area contributed by atoms with Crippen LogP contribution in [0.4, 0.5) is 4.79 Å². The molecule has 3 N–H and O–H groups in total. The zero-order chi connectivity index (χ0) is 15.1. The normalized spacial score (nSPS) is 11.9. The molecule has 0 spiro atoms. The lowest BCUT2D eigenvalue weighted by Crippen LogP contribution is -2.40. The van der Waals surface area contributed by atoms with E-state index in [0.717, 1.165) is 17.5 Å². The number of aromatic nitrogens is 2. The van der Waals surface area contributed by atoms with Crippen LogP contribution in [0.3, 0.4) is 0 Å². The lowest BCUT2D eigenvalue weighted by Gasteiger charge is -2.17. The number of carbonyl (C=O) groups is 1. The number of nitrogens with zero attached hydrogens (tertiary/aromatic N) is 2. The first-order valence-corrected chi connectivity index (χ1v) is 6.86. The molecule has 0 aliphatic heterocycles. The van der Waals surface area contributed by atoms with E-state index in [2.05, 4.69) is 15.7 Å². The third kappa shape index (κ3) is 4.61. The number of hydrogen-bond donors (Lipinski definition) is 3. The summed E-state index contributed by atoms with van der Waals surface area (Å²) < 4.78 is 1.73. The number of aliphatic hydroxyl groups is 1. The second-order valence-corrected chi connectivity index (χ2v) is 4.82. The van der Waals surface area contributed by atoms with Crippen molar-refractivity contribution in [2.75, 3.05) is 13.2 Å². The van der Waals surface area contributed by atoms with Crippen LogP contribution in [0.2, 0.25) is 0 Å². The van der Waals surface area contributed by atoms with Gasteiger partial charge in [0, 0.05) is 19.8 Å². The summed E-state index contributed by atoms with van der Waals surface area (Å²) in [5.74, 6) is 0. The van der Waals surface area contributed by atoms with Crippen LogP contribution in [0, 0.1) is 0 Å². The van der Waals surface area contributed by atoms with E-state index in [1.165, 1.54) is 0 Å². The number of hydrogen-bond acceptors (Lipinski definition) is 3. The lowest BCUT2D eigenvalue weighted by atomic mass is 10.1. The van der Waals surface area contributed by atoms with E-state index in [4.69, 9.17) is 0 Å². The van der Waals surface area contributed by atoms with Crippen molar-refractivity contribution in [3.63, 3.8) is 0 Å². The molecular formula is C15H20N4O2. The largest absolute Gasteiger partial charge is 0.394 e. The zero-order valence-corrected chi connectivity index (χ0v) is 12.0. The Labute approximate surface area is 123 Å². The molecule has 1 aromatic carbocycles. The van der Waals surface area contributed by atoms with Gasteiger partial charge in [0.05, 0.1) is 18.8 Å². The minimum absolute atomic E-state index is 0.139. The molecular weight excluding hydrogens is 268 g/mol. The van der Waals surface area contributed by atoms with Crippen molar-refractivity contribution in [2.45, 2.75) is 12.5 Å². The van der Waals surface area contributed by atoms with Crippen LogP contribution in [0.5, 0.6) is 0 Å². The van der Waals surface area contributed by atoms with Gasteiger partial charge in [-0.15, -0.1) is 0 Å². The highest BCUT2D eigenvalue weighted by molar-refractivity contribution is 5.74. The first-order valence-electron chi connectivity index (χ1n) is 6.86. The quantitative estimate of drug-likeness (QED) is 0.742. The predicted molar refractivity (Wildman–Crippen MR) is 79.7 cm³/mol. The molecule has 2 aromatic rings. The Hall–Kier alpha value is -2.34. The molecule has 1 heterocycles. The van der Waals surface area contributed by atoms with Gasteiger partial charge in [0.1, 0.15) is 0 Å². The number of carbonyl (C=O) groups excluding carboxylic acids is 1. The molecule has 0 aliphatic carbocycles. The summed E-state index contributed by atoms with van der Waals surface area (Å²) in [6.45, 7) is 0.379. The number of urea groups is 1. The Kier molecular flexibility index (Phi) is 5.34. The van der Waals surface area contributed by atoms with Crippen LogP contribution in [-0.2, 0) is 13.5 Å². The van der Waals surface area contributed by atoms with Gasteiger partial charge in [-0.1, -0.05) is 30.3 Å². The van der Waals surface area contributed by atoms with Crippen molar-refractivity contribution in [2.24, 2.45) is 7.05 Å². The van der Waals surface area contributed by atoms with E-state index in [1.807, 2.05) is 43.6 Å². The predicted octanol–water partition coefficient (Wildman–Crippen LogP) is 0.995. The smallest absolute Gasteiger partial charge is 0.315 e. The zero-order valence-electron chi connectivity index (χ0n) is 12.0. The molecule has 0 unspecified atom stereocenters. The van der Waals surface area contributed by atoms with Crippen LogP contribution in [0.25, 0.3) is 0 Å². The van der Waals surface area contributed by atoms with Crippen molar-refractivity contribution in [1.82, 2.24) is 20.4 Å². The second-order valence-electron chi connectivity index (χ2n) is 4.82. The number of benzene rings is 1. The Morgan fingerprint density at radius 3 is 2.76 bits per heavy atom. The maximum atomic E-state index is 11.8. The average Bonchev–Trinajstić information content (AvgIpc) is 2.91. The fourth-order valence-electron chi connectivity index (χ4n) is 2.05. The molecule has 6 heteroatoms. The van der Waals surface area contributed by atoms with Crippen molar-refractivity contribution >= 4 is 6.03 Å². The molecule has 112 valence electrons. The van der Waals surface area contributed by atoms with E-state index in [9.17, 15) is 9.90 Å². The van der Waals surface area contributed by atoms with Crippen LogP contribution in [0.1, 0.15) is 17.2 Å². The van der Waals surface area contributed by atoms with Crippen LogP contribution >= 0.6 is 0 Å². The monoisotopic (exact) mass is 288 g/mol. The Balaban J connectivity index is 1.78. The van der Waals surface area contributed by atoms with Gasteiger partial charge in [-0.05, 0) is 17.5 Å².